The van der Waals surface area contributed by atoms with Gasteiger partial charge < -0.3 is 11.1 Å². The number of carbonyl (C=O) groups is 2. The number of nitrogens with zero attached hydrogens (tertiary/aromatic N) is 1. The van der Waals surface area contributed by atoms with Crippen molar-refractivity contribution in [1.29, 1.82) is 0 Å². The van der Waals surface area contributed by atoms with E-state index < -0.39 is 5.91 Å². The number of carbonyl (C=O) groups excluding carboxylic acids is 2. The van der Waals surface area contributed by atoms with Crippen molar-refractivity contribution < 1.29 is 9.59 Å². The van der Waals surface area contributed by atoms with Crippen LogP contribution in [0.25, 0.3) is 10.6 Å². The van der Waals surface area contributed by atoms with Crippen LogP contribution in [0.2, 0.25) is 5.02 Å². The fourth-order valence-corrected chi connectivity index (χ4v) is 3.15. The predicted molar refractivity (Wildman–Crippen MR) is 95.5 cm³/mol. The van der Waals surface area contributed by atoms with E-state index in [9.17, 15) is 9.59 Å². The molecule has 0 atom stereocenters. The van der Waals surface area contributed by atoms with Crippen LogP contribution in [0.5, 0.6) is 0 Å². The number of benzene rings is 2. The maximum absolute atomic E-state index is 12.3. The van der Waals surface area contributed by atoms with Crippen molar-refractivity contribution in [3.63, 3.8) is 0 Å². The van der Waals surface area contributed by atoms with E-state index in [0.717, 1.165) is 5.56 Å². The molecule has 0 aliphatic rings. The van der Waals surface area contributed by atoms with Crippen LogP contribution < -0.4 is 11.1 Å². The second kappa shape index (κ2) is 6.82. The molecule has 2 amide bonds. The first kappa shape index (κ1) is 16.2. The number of thiazole rings is 1. The Labute approximate surface area is 147 Å². The Hall–Kier alpha value is -2.70. The first-order valence-electron chi connectivity index (χ1n) is 6.97. The number of nitrogens with two attached hydrogens (primary N) is 1. The van der Waals surface area contributed by atoms with Crippen LogP contribution in [0.1, 0.15) is 20.8 Å². The Kier molecular flexibility index (Phi) is 4.59. The number of rotatable bonds is 4. The van der Waals surface area contributed by atoms with Crippen LogP contribution in [0.15, 0.2) is 54.6 Å². The average molecular weight is 358 g/mol. The second-order valence-electron chi connectivity index (χ2n) is 4.89. The molecule has 3 rings (SSSR count). The summed E-state index contributed by atoms with van der Waals surface area (Å²) in [7, 11) is 0. The minimum atomic E-state index is -0.695. The second-order valence-corrected chi connectivity index (χ2v) is 6.32. The summed E-state index contributed by atoms with van der Waals surface area (Å²) >= 11 is 7.01. The number of primary amides is 1. The van der Waals surface area contributed by atoms with Crippen molar-refractivity contribution in [3.05, 3.63) is 70.9 Å². The van der Waals surface area contributed by atoms with Gasteiger partial charge in [0.1, 0.15) is 10.0 Å². The molecule has 0 saturated carbocycles. The Morgan fingerprint density at radius 1 is 1.04 bits per heavy atom. The number of anilines is 1. The molecule has 0 saturated heterocycles. The van der Waals surface area contributed by atoms with E-state index in [1.807, 2.05) is 30.3 Å². The van der Waals surface area contributed by atoms with Gasteiger partial charge in [-0.1, -0.05) is 53.3 Å². The average Bonchev–Trinajstić information content (AvgIpc) is 3.00. The van der Waals surface area contributed by atoms with Gasteiger partial charge in [-0.3, -0.25) is 9.59 Å². The van der Waals surface area contributed by atoms with Gasteiger partial charge in [-0.25, -0.2) is 4.98 Å². The minimum absolute atomic E-state index is 0.0427. The predicted octanol–water partition coefficient (Wildman–Crippen LogP) is 3.81. The summed E-state index contributed by atoms with van der Waals surface area (Å²) in [6.07, 6.45) is 0. The van der Waals surface area contributed by atoms with Crippen molar-refractivity contribution >= 4 is 39.8 Å². The molecule has 3 N–H and O–H groups in total. The first-order chi connectivity index (χ1) is 11.5. The molecule has 0 aliphatic carbocycles. The van der Waals surface area contributed by atoms with Crippen LogP contribution in [0.3, 0.4) is 0 Å². The maximum Gasteiger partial charge on any atom is 0.270 e. The zero-order valence-corrected chi connectivity index (χ0v) is 13.9. The third-order valence-electron chi connectivity index (χ3n) is 3.21. The highest BCUT2D eigenvalue weighted by atomic mass is 35.5. The van der Waals surface area contributed by atoms with Crippen LogP contribution in [-0.2, 0) is 0 Å². The standard InChI is InChI=1S/C17H12ClN3O2S/c18-12-8-6-10(7-9-12)15(23)21-17-13(14(19)22)20-16(24-17)11-4-2-1-3-5-11/h1-9H,(H2,19,22)(H,21,23). The fraction of sp³-hybridized carbons (Fsp3) is 0. The summed E-state index contributed by atoms with van der Waals surface area (Å²) in [5.41, 5.74) is 6.68. The molecule has 0 unspecified atom stereocenters. The van der Waals surface area contributed by atoms with E-state index in [1.165, 1.54) is 11.3 Å². The van der Waals surface area contributed by atoms with E-state index in [-0.39, 0.29) is 11.6 Å². The molecule has 5 nitrogen and oxygen atoms in total. The first-order valence-corrected chi connectivity index (χ1v) is 8.17. The molecule has 3 aromatic rings. The Bertz CT molecular complexity index is 892. The quantitative estimate of drug-likeness (QED) is 0.744. The van der Waals surface area contributed by atoms with Crippen molar-refractivity contribution in [3.8, 4) is 10.6 Å². The van der Waals surface area contributed by atoms with E-state index >= 15 is 0 Å². The number of aromatic nitrogens is 1. The lowest BCUT2D eigenvalue weighted by Gasteiger charge is -2.03. The molecule has 7 heteroatoms. The summed E-state index contributed by atoms with van der Waals surface area (Å²) in [4.78, 5) is 28.2. The highest BCUT2D eigenvalue weighted by molar-refractivity contribution is 7.19. The number of amides is 2. The molecule has 0 aliphatic heterocycles. The van der Waals surface area contributed by atoms with Crippen molar-refractivity contribution in [1.82, 2.24) is 4.98 Å². The number of hydrogen-bond donors (Lipinski definition) is 2. The highest BCUT2D eigenvalue weighted by Crippen LogP contribution is 2.32. The van der Waals surface area contributed by atoms with Gasteiger partial charge in [-0.05, 0) is 24.3 Å². The maximum atomic E-state index is 12.3. The topological polar surface area (TPSA) is 85.1 Å². The molecule has 1 aromatic heterocycles. The largest absolute Gasteiger partial charge is 0.364 e. The van der Waals surface area contributed by atoms with E-state index in [0.29, 0.717) is 20.6 Å². The van der Waals surface area contributed by atoms with Crippen LogP contribution in [-0.4, -0.2) is 16.8 Å². The van der Waals surface area contributed by atoms with Crippen molar-refractivity contribution in [2.75, 3.05) is 5.32 Å². The fourth-order valence-electron chi connectivity index (χ4n) is 2.05. The third kappa shape index (κ3) is 3.45. The summed E-state index contributed by atoms with van der Waals surface area (Å²) in [5, 5.41) is 4.15. The SMILES string of the molecule is NC(=O)c1nc(-c2ccccc2)sc1NC(=O)c1ccc(Cl)cc1. The van der Waals surface area contributed by atoms with Gasteiger partial charge in [-0.2, -0.15) is 0 Å². The molecule has 120 valence electrons. The third-order valence-corrected chi connectivity index (χ3v) is 4.49. The summed E-state index contributed by atoms with van der Waals surface area (Å²) in [6.45, 7) is 0. The molecule has 2 aromatic carbocycles. The number of hydrogen-bond acceptors (Lipinski definition) is 4. The summed E-state index contributed by atoms with van der Waals surface area (Å²) < 4.78 is 0. The number of nitrogens with one attached hydrogen (secondary N) is 1. The van der Waals surface area contributed by atoms with E-state index in [2.05, 4.69) is 10.3 Å². The van der Waals surface area contributed by atoms with Crippen LogP contribution in [0, 0.1) is 0 Å². The lowest BCUT2D eigenvalue weighted by Crippen LogP contribution is -2.17. The molecule has 0 fully saturated rings. The minimum Gasteiger partial charge on any atom is -0.364 e. The van der Waals surface area contributed by atoms with Gasteiger partial charge in [0.05, 0.1) is 0 Å². The van der Waals surface area contributed by atoms with Gasteiger partial charge in [0.15, 0.2) is 5.69 Å². The van der Waals surface area contributed by atoms with Crippen molar-refractivity contribution in [2.45, 2.75) is 0 Å². The summed E-state index contributed by atoms with van der Waals surface area (Å²) in [5.74, 6) is -1.06. The molecule has 0 radical (unpaired) electrons. The zero-order chi connectivity index (χ0) is 17.1. The van der Waals surface area contributed by atoms with Gasteiger partial charge >= 0.3 is 0 Å². The van der Waals surface area contributed by atoms with Gasteiger partial charge in [0, 0.05) is 16.1 Å². The van der Waals surface area contributed by atoms with Crippen molar-refractivity contribution in [2.24, 2.45) is 5.73 Å². The normalized spacial score (nSPS) is 10.4. The van der Waals surface area contributed by atoms with Crippen LogP contribution in [0.4, 0.5) is 5.00 Å². The van der Waals surface area contributed by atoms with E-state index in [4.69, 9.17) is 17.3 Å². The molecule has 1 heterocycles. The molecule has 0 bridgehead atoms. The molecular weight excluding hydrogens is 346 g/mol. The van der Waals surface area contributed by atoms with Gasteiger partial charge in [0.2, 0.25) is 0 Å². The monoisotopic (exact) mass is 357 g/mol. The lowest BCUT2D eigenvalue weighted by molar-refractivity contribution is 0.0997. The lowest BCUT2D eigenvalue weighted by atomic mass is 10.2. The Balaban J connectivity index is 1.92. The Morgan fingerprint density at radius 3 is 2.33 bits per heavy atom. The van der Waals surface area contributed by atoms with Gasteiger partial charge in [-0.15, -0.1) is 0 Å². The zero-order valence-electron chi connectivity index (χ0n) is 12.3. The Morgan fingerprint density at radius 2 is 1.71 bits per heavy atom. The highest BCUT2D eigenvalue weighted by Gasteiger charge is 2.19. The number of halogens is 1. The van der Waals surface area contributed by atoms with Gasteiger partial charge in [0.25, 0.3) is 11.8 Å². The van der Waals surface area contributed by atoms with Crippen LogP contribution >= 0.6 is 22.9 Å². The smallest absolute Gasteiger partial charge is 0.270 e. The van der Waals surface area contributed by atoms with E-state index in [1.54, 1.807) is 24.3 Å². The summed E-state index contributed by atoms with van der Waals surface area (Å²) in [6, 6.07) is 15.8. The molecule has 24 heavy (non-hydrogen) atoms. The molecule has 0 spiro atoms. The molecular formula is C17H12ClN3O2S.